The van der Waals surface area contributed by atoms with Crippen molar-refractivity contribution in [3.63, 3.8) is 0 Å². The minimum atomic E-state index is -0.496. The van der Waals surface area contributed by atoms with E-state index in [0.29, 0.717) is 19.0 Å². The molecule has 0 spiro atoms. The molecule has 1 saturated heterocycles. The highest BCUT2D eigenvalue weighted by molar-refractivity contribution is 5.73. The summed E-state index contributed by atoms with van der Waals surface area (Å²) in [6.45, 7) is 6.85. The second kappa shape index (κ2) is 8.72. The topological polar surface area (TPSA) is 77.5 Å². The number of aromatic nitrogens is 1. The van der Waals surface area contributed by atoms with Crippen LogP contribution in [0.4, 0.5) is 10.5 Å². The van der Waals surface area contributed by atoms with Gasteiger partial charge in [0.25, 0.3) is 0 Å². The van der Waals surface area contributed by atoms with E-state index >= 15 is 0 Å². The van der Waals surface area contributed by atoms with Crippen molar-refractivity contribution in [3.05, 3.63) is 24.5 Å². The number of carbonyl (C=O) groups is 1. The molecule has 6 heteroatoms. The molecule has 23 heavy (non-hydrogen) atoms. The predicted octanol–water partition coefficient (Wildman–Crippen LogP) is 1.61. The Bertz CT molecular complexity index is 473. The molecule has 1 unspecified atom stereocenters. The van der Waals surface area contributed by atoms with Gasteiger partial charge in [0.1, 0.15) is 0 Å². The zero-order chi connectivity index (χ0) is 16.7. The first kappa shape index (κ1) is 17.5. The van der Waals surface area contributed by atoms with Gasteiger partial charge in [-0.3, -0.25) is 4.98 Å². The predicted molar refractivity (Wildman–Crippen MR) is 91.4 cm³/mol. The van der Waals surface area contributed by atoms with Crippen LogP contribution < -0.4 is 15.5 Å². The summed E-state index contributed by atoms with van der Waals surface area (Å²) < 4.78 is 0. The number of rotatable bonds is 6. The Morgan fingerprint density at radius 1 is 1.30 bits per heavy atom. The third-order valence-electron chi connectivity index (χ3n) is 4.44. The number of aliphatic hydroxyl groups is 1. The molecule has 0 aromatic carbocycles. The van der Waals surface area contributed by atoms with E-state index in [1.165, 1.54) is 5.69 Å². The van der Waals surface area contributed by atoms with Gasteiger partial charge in [0.2, 0.25) is 0 Å². The van der Waals surface area contributed by atoms with E-state index in [0.717, 1.165) is 25.9 Å². The van der Waals surface area contributed by atoms with Gasteiger partial charge in [-0.2, -0.15) is 0 Å². The molecule has 0 saturated carbocycles. The Labute approximate surface area is 138 Å². The van der Waals surface area contributed by atoms with Gasteiger partial charge in [-0.1, -0.05) is 13.8 Å². The van der Waals surface area contributed by atoms with E-state index in [4.69, 9.17) is 0 Å². The zero-order valence-electron chi connectivity index (χ0n) is 14.0. The van der Waals surface area contributed by atoms with Crippen molar-refractivity contribution in [3.8, 4) is 0 Å². The monoisotopic (exact) mass is 320 g/mol. The summed E-state index contributed by atoms with van der Waals surface area (Å²) in [7, 11) is 0. The number of carbonyl (C=O) groups excluding carboxylic acids is 1. The van der Waals surface area contributed by atoms with Crippen LogP contribution in [-0.4, -0.2) is 48.4 Å². The number of nitrogens with one attached hydrogen (secondary N) is 2. The number of aliphatic hydroxyl groups excluding tert-OH is 1. The summed E-state index contributed by atoms with van der Waals surface area (Å²) in [5.41, 5.74) is 1.21. The number of hydrogen-bond acceptors (Lipinski definition) is 4. The van der Waals surface area contributed by atoms with Gasteiger partial charge in [-0.25, -0.2) is 4.79 Å². The largest absolute Gasteiger partial charge is 0.391 e. The van der Waals surface area contributed by atoms with Crippen LogP contribution in [-0.2, 0) is 0 Å². The first-order chi connectivity index (χ1) is 11.1. The lowest BCUT2D eigenvalue weighted by molar-refractivity contribution is 0.125. The van der Waals surface area contributed by atoms with Crippen LogP contribution in [0.3, 0.4) is 0 Å². The minimum absolute atomic E-state index is 0.146. The Kier molecular flexibility index (Phi) is 6.65. The molecule has 1 aliphatic rings. The lowest BCUT2D eigenvalue weighted by atomic mass is 9.96. The molecule has 1 aromatic heterocycles. The van der Waals surface area contributed by atoms with Crippen molar-refractivity contribution < 1.29 is 9.90 Å². The maximum Gasteiger partial charge on any atom is 0.314 e. The lowest BCUT2D eigenvalue weighted by Gasteiger charge is -2.33. The summed E-state index contributed by atoms with van der Waals surface area (Å²) >= 11 is 0. The smallest absolute Gasteiger partial charge is 0.314 e. The Morgan fingerprint density at radius 3 is 2.57 bits per heavy atom. The maximum absolute atomic E-state index is 11.7. The SMILES string of the molecule is CC(C)C(O)CNC(=O)NCC1CCN(c2ccncc2)CC1. The van der Waals surface area contributed by atoms with Gasteiger partial charge in [-0.05, 0) is 36.8 Å². The average Bonchev–Trinajstić information content (AvgIpc) is 2.59. The van der Waals surface area contributed by atoms with Crippen LogP contribution in [0.5, 0.6) is 0 Å². The molecule has 0 radical (unpaired) electrons. The number of anilines is 1. The quantitative estimate of drug-likeness (QED) is 0.744. The number of hydrogen-bond donors (Lipinski definition) is 3. The molecule has 0 aliphatic carbocycles. The molecule has 1 aliphatic heterocycles. The second-order valence-electron chi connectivity index (χ2n) is 6.54. The Morgan fingerprint density at radius 2 is 1.96 bits per heavy atom. The number of nitrogens with zero attached hydrogens (tertiary/aromatic N) is 2. The third kappa shape index (κ3) is 5.71. The van der Waals surface area contributed by atoms with Crippen molar-refractivity contribution in [1.82, 2.24) is 15.6 Å². The van der Waals surface area contributed by atoms with Crippen LogP contribution in [0.15, 0.2) is 24.5 Å². The van der Waals surface area contributed by atoms with Gasteiger partial charge < -0.3 is 20.6 Å². The lowest BCUT2D eigenvalue weighted by Crippen LogP contribution is -2.44. The molecule has 1 aromatic rings. The van der Waals surface area contributed by atoms with Crippen LogP contribution in [0.2, 0.25) is 0 Å². The fourth-order valence-corrected chi connectivity index (χ4v) is 2.68. The van der Waals surface area contributed by atoms with E-state index in [1.807, 2.05) is 38.4 Å². The van der Waals surface area contributed by atoms with E-state index < -0.39 is 6.10 Å². The van der Waals surface area contributed by atoms with Crippen LogP contribution in [0, 0.1) is 11.8 Å². The first-order valence-corrected chi connectivity index (χ1v) is 8.41. The van der Waals surface area contributed by atoms with Crippen molar-refractivity contribution in [2.45, 2.75) is 32.8 Å². The van der Waals surface area contributed by atoms with E-state index in [9.17, 15) is 9.90 Å². The fourth-order valence-electron chi connectivity index (χ4n) is 2.68. The molecule has 2 rings (SSSR count). The summed E-state index contributed by atoms with van der Waals surface area (Å²) in [6.07, 6.45) is 5.27. The molecule has 1 atom stereocenters. The van der Waals surface area contributed by atoms with Crippen molar-refractivity contribution >= 4 is 11.7 Å². The van der Waals surface area contributed by atoms with Gasteiger partial charge >= 0.3 is 6.03 Å². The molecule has 1 fully saturated rings. The van der Waals surface area contributed by atoms with Gasteiger partial charge in [-0.15, -0.1) is 0 Å². The number of piperidine rings is 1. The molecule has 128 valence electrons. The zero-order valence-corrected chi connectivity index (χ0v) is 14.0. The second-order valence-corrected chi connectivity index (χ2v) is 6.54. The van der Waals surface area contributed by atoms with Gasteiger partial charge in [0.15, 0.2) is 0 Å². The minimum Gasteiger partial charge on any atom is -0.391 e. The summed E-state index contributed by atoms with van der Waals surface area (Å²) in [6, 6.07) is 3.87. The summed E-state index contributed by atoms with van der Waals surface area (Å²) in [5.74, 6) is 0.654. The molecule has 0 bridgehead atoms. The van der Waals surface area contributed by atoms with Crippen molar-refractivity contribution in [2.75, 3.05) is 31.1 Å². The van der Waals surface area contributed by atoms with E-state index in [1.54, 1.807) is 0 Å². The first-order valence-electron chi connectivity index (χ1n) is 8.41. The van der Waals surface area contributed by atoms with E-state index in [2.05, 4.69) is 20.5 Å². The Hall–Kier alpha value is -1.82. The maximum atomic E-state index is 11.7. The van der Waals surface area contributed by atoms with Gasteiger partial charge in [0.05, 0.1) is 6.10 Å². The highest BCUT2D eigenvalue weighted by Gasteiger charge is 2.20. The summed E-state index contributed by atoms with van der Waals surface area (Å²) in [4.78, 5) is 18.2. The molecule has 6 nitrogen and oxygen atoms in total. The number of pyridine rings is 1. The molecule has 3 N–H and O–H groups in total. The van der Waals surface area contributed by atoms with Crippen molar-refractivity contribution in [2.24, 2.45) is 11.8 Å². The average molecular weight is 320 g/mol. The summed E-state index contributed by atoms with van der Waals surface area (Å²) in [5, 5.41) is 15.3. The third-order valence-corrected chi connectivity index (χ3v) is 4.44. The highest BCUT2D eigenvalue weighted by Crippen LogP contribution is 2.22. The van der Waals surface area contributed by atoms with Crippen LogP contribution in [0.25, 0.3) is 0 Å². The Balaban J connectivity index is 1.64. The van der Waals surface area contributed by atoms with Crippen molar-refractivity contribution in [1.29, 1.82) is 0 Å². The van der Waals surface area contributed by atoms with Crippen LogP contribution in [0.1, 0.15) is 26.7 Å². The van der Waals surface area contributed by atoms with E-state index in [-0.39, 0.29) is 11.9 Å². The standard InChI is InChI=1S/C17H28N4O2/c1-13(2)16(22)12-20-17(23)19-11-14-5-9-21(10-6-14)15-3-7-18-8-4-15/h3-4,7-8,13-14,16,22H,5-6,9-12H2,1-2H3,(H2,19,20,23). The molecule has 2 heterocycles. The normalized spacial score (nSPS) is 17.1. The molecular weight excluding hydrogens is 292 g/mol. The molecular formula is C17H28N4O2. The highest BCUT2D eigenvalue weighted by atomic mass is 16.3. The van der Waals surface area contributed by atoms with Crippen LogP contribution >= 0.6 is 0 Å². The number of amides is 2. The molecule has 2 amide bonds. The number of urea groups is 1. The fraction of sp³-hybridized carbons (Fsp3) is 0.647. The van der Waals surface area contributed by atoms with Gasteiger partial charge in [0, 0.05) is 44.3 Å².